The lowest BCUT2D eigenvalue weighted by molar-refractivity contribution is -0.106. The summed E-state index contributed by atoms with van der Waals surface area (Å²) in [4.78, 5) is 4.78. The summed E-state index contributed by atoms with van der Waals surface area (Å²) in [5.41, 5.74) is 2.20. The van der Waals surface area contributed by atoms with Gasteiger partial charge in [0.15, 0.2) is 5.96 Å². The average Bonchev–Trinajstić information content (AvgIpc) is 3.06. The third kappa shape index (κ3) is 4.90. The van der Waals surface area contributed by atoms with Crippen LogP contribution in [0, 0.1) is 17.2 Å². The molecule has 1 heterocycles. The van der Waals surface area contributed by atoms with Crippen LogP contribution in [0.5, 0.6) is 0 Å². The molecule has 2 aliphatic rings. The lowest BCUT2D eigenvalue weighted by Gasteiger charge is -2.54. The smallest absolute Gasteiger partial charge is 0.191 e. The van der Waals surface area contributed by atoms with E-state index < -0.39 is 0 Å². The molecular weight excluding hydrogens is 476 g/mol. The summed E-state index contributed by atoms with van der Waals surface area (Å²) in [5, 5.41) is 6.98. The molecule has 7 heteroatoms. The Morgan fingerprint density at radius 3 is 2.85 bits per heavy atom. The number of hydrogen-bond acceptors (Lipinski definition) is 3. The molecule has 152 valence electrons. The van der Waals surface area contributed by atoms with Crippen molar-refractivity contribution in [1.29, 1.82) is 0 Å². The summed E-state index contributed by atoms with van der Waals surface area (Å²) in [5.74, 6) is 2.00. The molecule has 1 aromatic rings. The van der Waals surface area contributed by atoms with Gasteiger partial charge in [0.05, 0.1) is 12.6 Å². The second-order valence-electron chi connectivity index (χ2n) is 7.73. The molecule has 3 unspecified atom stereocenters. The average molecular weight is 507 g/mol. The number of thioether (sulfide) groups is 1. The zero-order valence-electron chi connectivity index (χ0n) is 16.5. The van der Waals surface area contributed by atoms with Crippen LogP contribution in [0.25, 0.3) is 0 Å². The summed E-state index contributed by atoms with van der Waals surface area (Å²) in [7, 11) is 0. The predicted octanol–water partition coefficient (Wildman–Crippen LogP) is 4.18. The van der Waals surface area contributed by atoms with E-state index >= 15 is 0 Å². The van der Waals surface area contributed by atoms with Crippen LogP contribution >= 0.6 is 35.7 Å². The van der Waals surface area contributed by atoms with E-state index in [0.717, 1.165) is 42.4 Å². The van der Waals surface area contributed by atoms with Gasteiger partial charge in [-0.3, -0.25) is 0 Å². The van der Waals surface area contributed by atoms with Crippen LogP contribution in [-0.2, 0) is 17.0 Å². The summed E-state index contributed by atoms with van der Waals surface area (Å²) in [6.45, 7) is 8.81. The topological polar surface area (TPSA) is 45.7 Å². The number of rotatable bonds is 6. The Balaban J connectivity index is 0.00000261. The summed E-state index contributed by atoms with van der Waals surface area (Å²) in [6, 6.07) is 5.36. The largest absolute Gasteiger partial charge is 0.377 e. The molecule has 0 radical (unpaired) electrons. The first kappa shape index (κ1) is 22.7. The van der Waals surface area contributed by atoms with Crippen molar-refractivity contribution in [2.24, 2.45) is 16.3 Å². The molecule has 1 aliphatic heterocycles. The minimum Gasteiger partial charge on any atom is -0.377 e. The van der Waals surface area contributed by atoms with Gasteiger partial charge >= 0.3 is 0 Å². The number of halogens is 2. The first-order valence-corrected chi connectivity index (χ1v) is 10.8. The zero-order chi connectivity index (χ0) is 18.7. The maximum Gasteiger partial charge on any atom is 0.191 e. The van der Waals surface area contributed by atoms with Crippen molar-refractivity contribution in [2.75, 3.05) is 19.4 Å². The molecule has 3 atom stereocenters. The highest BCUT2D eigenvalue weighted by atomic mass is 127. The van der Waals surface area contributed by atoms with Gasteiger partial charge in [-0.05, 0) is 42.9 Å². The normalized spacial score (nSPS) is 26.0. The zero-order valence-corrected chi connectivity index (χ0v) is 19.7. The lowest BCUT2D eigenvalue weighted by atomic mass is 9.57. The van der Waals surface area contributed by atoms with E-state index in [-0.39, 0.29) is 35.2 Å². The number of ether oxygens (including phenoxy) is 1. The van der Waals surface area contributed by atoms with Gasteiger partial charge in [-0.2, -0.15) is 11.8 Å². The highest BCUT2D eigenvalue weighted by molar-refractivity contribution is 14.0. The minimum atomic E-state index is -0.185. The van der Waals surface area contributed by atoms with Crippen molar-refractivity contribution in [3.05, 3.63) is 35.1 Å². The molecule has 2 N–H and O–H groups in total. The molecule has 0 spiro atoms. The van der Waals surface area contributed by atoms with Gasteiger partial charge in [0.25, 0.3) is 0 Å². The van der Waals surface area contributed by atoms with Crippen LogP contribution in [0.3, 0.4) is 0 Å². The number of aliphatic imine (C=N–C) groups is 1. The number of fused-ring (bicyclic) bond motifs is 1. The number of hydrogen-bond donors (Lipinski definition) is 2. The molecule has 2 fully saturated rings. The summed E-state index contributed by atoms with van der Waals surface area (Å²) < 4.78 is 19.4. The monoisotopic (exact) mass is 507 g/mol. The molecule has 0 bridgehead atoms. The van der Waals surface area contributed by atoms with Crippen LogP contribution in [0.4, 0.5) is 4.39 Å². The molecular formula is C20H31FIN3OS. The first-order chi connectivity index (χ1) is 12.5. The number of guanidine groups is 1. The highest BCUT2D eigenvalue weighted by Gasteiger charge is 2.59. The van der Waals surface area contributed by atoms with E-state index in [4.69, 9.17) is 9.73 Å². The maximum absolute atomic E-state index is 13.5. The maximum atomic E-state index is 13.5. The van der Waals surface area contributed by atoms with Crippen molar-refractivity contribution in [1.82, 2.24) is 10.6 Å². The Kier molecular flexibility index (Phi) is 8.24. The van der Waals surface area contributed by atoms with Crippen LogP contribution in [-0.4, -0.2) is 37.5 Å². The molecule has 4 nitrogen and oxygen atoms in total. The lowest BCUT2D eigenvalue weighted by Crippen LogP contribution is -2.67. The molecule has 3 rings (SSSR count). The standard InChI is InChI=1S/C20H30FN3OS.HI/c1-5-22-19(24-17-16-8-9-25-18(16)20(17,2)3)23-11-13-6-7-15(21)10-14(13)12-26-4;/h6-7,10,16-18H,5,8-9,11-12H2,1-4H3,(H2,22,23,24);1H. The third-order valence-corrected chi connectivity index (χ3v) is 6.21. The highest BCUT2D eigenvalue weighted by Crippen LogP contribution is 2.52. The van der Waals surface area contributed by atoms with E-state index in [9.17, 15) is 4.39 Å². The fourth-order valence-electron chi connectivity index (χ4n) is 4.29. The van der Waals surface area contributed by atoms with Crippen molar-refractivity contribution in [3.63, 3.8) is 0 Å². The van der Waals surface area contributed by atoms with Crippen molar-refractivity contribution >= 4 is 41.7 Å². The molecule has 1 saturated heterocycles. The SMILES string of the molecule is CCNC(=NCc1ccc(F)cc1CSC)NC1C2CCOC2C1(C)C.I. The van der Waals surface area contributed by atoms with Gasteiger partial charge in [0.1, 0.15) is 5.82 Å². The second-order valence-corrected chi connectivity index (χ2v) is 8.59. The van der Waals surface area contributed by atoms with Gasteiger partial charge in [-0.15, -0.1) is 24.0 Å². The van der Waals surface area contributed by atoms with Gasteiger partial charge < -0.3 is 15.4 Å². The number of nitrogens with zero attached hydrogens (tertiary/aromatic N) is 1. The van der Waals surface area contributed by atoms with E-state index in [1.165, 1.54) is 6.07 Å². The first-order valence-electron chi connectivity index (χ1n) is 9.40. The Morgan fingerprint density at radius 2 is 2.15 bits per heavy atom. The van der Waals surface area contributed by atoms with Gasteiger partial charge in [0.2, 0.25) is 0 Å². The Hall–Kier alpha value is -0.540. The van der Waals surface area contributed by atoms with Crippen LogP contribution in [0.2, 0.25) is 0 Å². The Morgan fingerprint density at radius 1 is 1.37 bits per heavy atom. The summed E-state index contributed by atoms with van der Waals surface area (Å²) in [6.07, 6.45) is 3.50. The quantitative estimate of drug-likeness (QED) is 0.345. The van der Waals surface area contributed by atoms with Crippen molar-refractivity contribution in [2.45, 2.75) is 51.6 Å². The molecule has 1 aliphatic carbocycles. The fourth-order valence-corrected chi connectivity index (χ4v) is 4.87. The van der Waals surface area contributed by atoms with Crippen molar-refractivity contribution < 1.29 is 9.13 Å². The molecule has 0 amide bonds. The van der Waals surface area contributed by atoms with E-state index in [1.807, 2.05) is 12.3 Å². The van der Waals surface area contributed by atoms with E-state index in [1.54, 1.807) is 17.8 Å². The van der Waals surface area contributed by atoms with Crippen molar-refractivity contribution in [3.8, 4) is 0 Å². The Labute approximate surface area is 183 Å². The number of nitrogens with one attached hydrogen (secondary N) is 2. The molecule has 1 saturated carbocycles. The predicted molar refractivity (Wildman–Crippen MR) is 122 cm³/mol. The fraction of sp³-hybridized carbons (Fsp3) is 0.650. The number of benzene rings is 1. The van der Waals surface area contributed by atoms with Crippen LogP contribution in [0.1, 0.15) is 38.3 Å². The third-order valence-electron chi connectivity index (χ3n) is 5.61. The summed E-state index contributed by atoms with van der Waals surface area (Å²) >= 11 is 1.70. The van der Waals surface area contributed by atoms with Crippen LogP contribution in [0.15, 0.2) is 23.2 Å². The van der Waals surface area contributed by atoms with Gasteiger partial charge in [-0.1, -0.05) is 19.9 Å². The van der Waals surface area contributed by atoms with E-state index in [0.29, 0.717) is 24.6 Å². The van der Waals surface area contributed by atoms with Gasteiger partial charge in [0, 0.05) is 36.3 Å². The minimum absolute atomic E-state index is 0. The van der Waals surface area contributed by atoms with E-state index in [2.05, 4.69) is 31.4 Å². The molecule has 0 aromatic heterocycles. The van der Waals surface area contributed by atoms with Crippen LogP contribution < -0.4 is 10.6 Å². The second kappa shape index (κ2) is 9.78. The van der Waals surface area contributed by atoms with Gasteiger partial charge in [-0.25, -0.2) is 9.38 Å². The molecule has 27 heavy (non-hydrogen) atoms. The molecule has 1 aromatic carbocycles. The Bertz CT molecular complexity index is 671.